The number of amides is 2. The van der Waals surface area contributed by atoms with Crippen LogP contribution in [-0.4, -0.2) is 52.8 Å². The molecule has 0 aromatic heterocycles. The molecule has 0 saturated carbocycles. The molecule has 0 radical (unpaired) electrons. The molecule has 2 rings (SSSR count). The van der Waals surface area contributed by atoms with E-state index in [1.165, 1.54) is 29.2 Å². The van der Waals surface area contributed by atoms with Gasteiger partial charge in [0.05, 0.1) is 11.0 Å². The minimum Gasteiger partial charge on any atom is -0.370 e. The van der Waals surface area contributed by atoms with Crippen LogP contribution in [0.3, 0.4) is 0 Å². The number of carbonyl (C=O) groups is 2. The Balaban J connectivity index is 1.93. The van der Waals surface area contributed by atoms with Gasteiger partial charge >= 0.3 is 0 Å². The fourth-order valence-corrected chi connectivity index (χ4v) is 3.05. The number of hydrogen-bond donors (Lipinski definition) is 4. The molecule has 1 aromatic carbocycles. The maximum atomic E-state index is 12.6. The number of nitrogens with one attached hydrogen (secondary N) is 1. The number of carbonyl (C=O) groups excluding carboxylic acids is 2. The molecule has 152 valence electrons. The molecule has 2 atom stereocenters. The van der Waals surface area contributed by atoms with E-state index >= 15 is 0 Å². The number of rotatable bonds is 8. The molecule has 1 heterocycles. The Kier molecular flexibility index (Phi) is 7.27. The summed E-state index contributed by atoms with van der Waals surface area (Å²) in [4.78, 5) is 40.7. The van der Waals surface area contributed by atoms with E-state index in [0.29, 0.717) is 44.5 Å². The normalized spacial score (nSPS) is 17.0. The first kappa shape index (κ1) is 21.1. The number of benzene rings is 1. The van der Waals surface area contributed by atoms with Crippen molar-refractivity contribution >= 4 is 29.1 Å². The van der Waals surface area contributed by atoms with Crippen LogP contribution in [0.5, 0.6) is 0 Å². The van der Waals surface area contributed by atoms with Gasteiger partial charge in [-0.25, -0.2) is 0 Å². The van der Waals surface area contributed by atoms with E-state index in [0.717, 1.165) is 0 Å². The number of aliphatic imine (C=N–C) groups is 1. The lowest BCUT2D eigenvalue weighted by Gasteiger charge is -2.26. The number of nitro benzene ring substituents is 1. The van der Waals surface area contributed by atoms with Gasteiger partial charge in [-0.05, 0) is 37.8 Å². The van der Waals surface area contributed by atoms with Crippen LogP contribution in [0.2, 0.25) is 0 Å². The molecule has 1 fully saturated rings. The second kappa shape index (κ2) is 9.65. The number of hydrogen-bond acceptors (Lipinski definition) is 6. The van der Waals surface area contributed by atoms with E-state index < -0.39 is 17.0 Å². The van der Waals surface area contributed by atoms with Gasteiger partial charge in [-0.15, -0.1) is 0 Å². The molecule has 28 heavy (non-hydrogen) atoms. The Morgan fingerprint density at radius 1 is 1.32 bits per heavy atom. The van der Waals surface area contributed by atoms with Crippen molar-refractivity contribution < 1.29 is 14.5 Å². The Hall–Kier alpha value is -3.21. The Labute approximate surface area is 162 Å². The topological polar surface area (TPSA) is 183 Å². The molecular weight excluding hydrogens is 366 g/mol. The van der Waals surface area contributed by atoms with Crippen molar-refractivity contribution in [1.29, 1.82) is 0 Å². The van der Waals surface area contributed by atoms with E-state index in [9.17, 15) is 19.7 Å². The van der Waals surface area contributed by atoms with Gasteiger partial charge in [-0.3, -0.25) is 24.7 Å². The largest absolute Gasteiger partial charge is 0.370 e. The zero-order chi connectivity index (χ0) is 20.7. The SMILES string of the molecule is NC(N)=NCCC[C@@H](N)C(=O)N1CCC[C@@H]1C(=O)Nc1ccc([N+](=O)[O-])cc1. The van der Waals surface area contributed by atoms with Gasteiger partial charge in [-0.2, -0.15) is 0 Å². The summed E-state index contributed by atoms with van der Waals surface area (Å²) in [5, 5.41) is 13.4. The summed E-state index contributed by atoms with van der Waals surface area (Å²) < 4.78 is 0. The van der Waals surface area contributed by atoms with Crippen molar-refractivity contribution in [2.45, 2.75) is 37.8 Å². The average Bonchev–Trinajstić information content (AvgIpc) is 3.14. The Morgan fingerprint density at radius 2 is 2.00 bits per heavy atom. The number of guanidine groups is 1. The standard InChI is InChI=1S/C17H25N7O4/c18-13(3-1-9-21-17(19)20)16(26)23-10-2-4-14(23)15(25)22-11-5-7-12(8-6-11)24(27)28/h5-8,13-14H,1-4,9-10,18H2,(H,22,25)(H4,19,20,21)/t13-,14-/m1/s1. The Morgan fingerprint density at radius 3 is 2.61 bits per heavy atom. The van der Waals surface area contributed by atoms with Crippen LogP contribution in [0.1, 0.15) is 25.7 Å². The van der Waals surface area contributed by atoms with Gasteiger partial charge in [0.1, 0.15) is 6.04 Å². The van der Waals surface area contributed by atoms with Crippen molar-refractivity contribution in [2.75, 3.05) is 18.4 Å². The second-order valence-electron chi connectivity index (χ2n) is 6.54. The molecule has 1 aliphatic rings. The minimum absolute atomic E-state index is 0.0116. The van der Waals surface area contributed by atoms with E-state index in [1.807, 2.05) is 0 Å². The number of nitro groups is 1. The highest BCUT2D eigenvalue weighted by atomic mass is 16.6. The van der Waals surface area contributed by atoms with Gasteiger partial charge in [0, 0.05) is 30.9 Å². The lowest BCUT2D eigenvalue weighted by Crippen LogP contribution is -2.49. The molecule has 11 nitrogen and oxygen atoms in total. The van der Waals surface area contributed by atoms with Crippen LogP contribution in [0.4, 0.5) is 11.4 Å². The van der Waals surface area contributed by atoms with Crippen molar-refractivity contribution in [3.8, 4) is 0 Å². The zero-order valence-corrected chi connectivity index (χ0v) is 15.4. The fourth-order valence-electron chi connectivity index (χ4n) is 3.05. The van der Waals surface area contributed by atoms with Crippen LogP contribution < -0.4 is 22.5 Å². The summed E-state index contributed by atoms with van der Waals surface area (Å²) in [7, 11) is 0. The molecule has 1 saturated heterocycles. The second-order valence-corrected chi connectivity index (χ2v) is 6.54. The fraction of sp³-hybridized carbons (Fsp3) is 0.471. The average molecular weight is 391 g/mol. The van der Waals surface area contributed by atoms with Gasteiger partial charge in [-0.1, -0.05) is 0 Å². The lowest BCUT2D eigenvalue weighted by molar-refractivity contribution is -0.384. The van der Waals surface area contributed by atoms with Crippen LogP contribution in [0.25, 0.3) is 0 Å². The lowest BCUT2D eigenvalue weighted by atomic mass is 10.1. The summed E-state index contributed by atoms with van der Waals surface area (Å²) in [5.74, 6) is -0.638. The first-order valence-corrected chi connectivity index (χ1v) is 8.96. The number of nitrogens with two attached hydrogens (primary N) is 3. The molecule has 11 heteroatoms. The highest BCUT2D eigenvalue weighted by Crippen LogP contribution is 2.22. The highest BCUT2D eigenvalue weighted by Gasteiger charge is 2.36. The predicted octanol–water partition coefficient (Wildman–Crippen LogP) is -0.0948. The van der Waals surface area contributed by atoms with Crippen LogP contribution >= 0.6 is 0 Å². The predicted molar refractivity (Wildman–Crippen MR) is 104 cm³/mol. The van der Waals surface area contributed by atoms with Crippen LogP contribution in [0.15, 0.2) is 29.3 Å². The smallest absolute Gasteiger partial charge is 0.269 e. The van der Waals surface area contributed by atoms with Crippen molar-refractivity contribution in [1.82, 2.24) is 4.90 Å². The van der Waals surface area contributed by atoms with Gasteiger partial charge in [0.15, 0.2) is 5.96 Å². The third-order valence-corrected chi connectivity index (χ3v) is 4.47. The molecule has 0 spiro atoms. The molecule has 7 N–H and O–H groups in total. The molecule has 1 aromatic rings. The monoisotopic (exact) mass is 391 g/mol. The number of likely N-dealkylation sites (tertiary alicyclic amines) is 1. The summed E-state index contributed by atoms with van der Waals surface area (Å²) in [5.41, 5.74) is 16.8. The van der Waals surface area contributed by atoms with E-state index in [-0.39, 0.29) is 23.5 Å². The van der Waals surface area contributed by atoms with Crippen LogP contribution in [-0.2, 0) is 9.59 Å². The van der Waals surface area contributed by atoms with Crippen molar-refractivity contribution in [3.05, 3.63) is 34.4 Å². The van der Waals surface area contributed by atoms with Crippen molar-refractivity contribution in [2.24, 2.45) is 22.2 Å². The number of non-ortho nitro benzene ring substituents is 1. The molecule has 2 amide bonds. The molecule has 0 aliphatic carbocycles. The van der Waals surface area contributed by atoms with Crippen LogP contribution in [0, 0.1) is 10.1 Å². The summed E-state index contributed by atoms with van der Waals surface area (Å²) >= 11 is 0. The number of anilines is 1. The first-order valence-electron chi connectivity index (χ1n) is 8.96. The van der Waals surface area contributed by atoms with Crippen molar-refractivity contribution in [3.63, 3.8) is 0 Å². The van der Waals surface area contributed by atoms with Gasteiger partial charge in [0.2, 0.25) is 11.8 Å². The summed E-state index contributed by atoms with van der Waals surface area (Å²) in [6.45, 7) is 0.839. The third kappa shape index (κ3) is 5.64. The quantitative estimate of drug-likeness (QED) is 0.157. The molecule has 1 aliphatic heterocycles. The summed E-state index contributed by atoms with van der Waals surface area (Å²) in [6, 6.07) is 4.16. The van der Waals surface area contributed by atoms with E-state index in [4.69, 9.17) is 17.2 Å². The first-order chi connectivity index (χ1) is 13.3. The summed E-state index contributed by atoms with van der Waals surface area (Å²) in [6.07, 6.45) is 2.19. The molecular formula is C17H25N7O4. The molecule has 0 unspecified atom stereocenters. The number of nitrogens with zero attached hydrogens (tertiary/aromatic N) is 3. The van der Waals surface area contributed by atoms with Gasteiger partial charge in [0.25, 0.3) is 5.69 Å². The van der Waals surface area contributed by atoms with E-state index in [2.05, 4.69) is 10.3 Å². The maximum Gasteiger partial charge on any atom is 0.269 e. The van der Waals surface area contributed by atoms with Gasteiger partial charge < -0.3 is 27.4 Å². The van der Waals surface area contributed by atoms with E-state index in [1.54, 1.807) is 0 Å². The highest BCUT2D eigenvalue weighted by molar-refractivity contribution is 5.98. The maximum absolute atomic E-state index is 12.6. The molecule has 0 bridgehead atoms. The Bertz CT molecular complexity index is 746. The zero-order valence-electron chi connectivity index (χ0n) is 15.4. The minimum atomic E-state index is -0.734. The third-order valence-electron chi connectivity index (χ3n) is 4.47.